The van der Waals surface area contributed by atoms with Crippen LogP contribution >= 0.6 is 0 Å². The lowest BCUT2D eigenvalue weighted by Crippen LogP contribution is -2.37. The topological polar surface area (TPSA) is 69.0 Å². The summed E-state index contributed by atoms with van der Waals surface area (Å²) in [4.78, 5) is 25.4. The highest BCUT2D eigenvalue weighted by molar-refractivity contribution is 6.08. The van der Waals surface area contributed by atoms with Crippen LogP contribution < -0.4 is 4.74 Å². The number of hydrogen-bond acceptors (Lipinski definition) is 5. The van der Waals surface area contributed by atoms with Gasteiger partial charge in [0.15, 0.2) is 11.3 Å². The van der Waals surface area contributed by atoms with Crippen LogP contribution in [0.3, 0.4) is 0 Å². The van der Waals surface area contributed by atoms with E-state index in [1.165, 1.54) is 11.8 Å². The van der Waals surface area contributed by atoms with Crippen molar-refractivity contribution in [2.75, 3.05) is 26.8 Å². The zero-order valence-corrected chi connectivity index (χ0v) is 16.7. The first-order chi connectivity index (χ1) is 13.5. The standard InChI is InChI=1S/C22H25NO5/c1-5-27-20(25)13-23(15(3)24)12-14(2)16-10-11-19(26-4)22-21(16)17-8-6-7-9-18(17)28-22/h6-11,14H,5,12-13H2,1-4H3. The molecule has 1 heterocycles. The summed E-state index contributed by atoms with van der Waals surface area (Å²) in [6.07, 6.45) is 0. The number of hydrogen-bond donors (Lipinski definition) is 0. The summed E-state index contributed by atoms with van der Waals surface area (Å²) in [5.41, 5.74) is 2.51. The molecule has 0 saturated heterocycles. The molecule has 2 aromatic carbocycles. The van der Waals surface area contributed by atoms with Crippen molar-refractivity contribution in [3.05, 3.63) is 42.0 Å². The van der Waals surface area contributed by atoms with Crippen molar-refractivity contribution in [2.45, 2.75) is 26.7 Å². The van der Waals surface area contributed by atoms with Crippen molar-refractivity contribution in [2.24, 2.45) is 0 Å². The fraction of sp³-hybridized carbons (Fsp3) is 0.364. The molecule has 1 amide bonds. The normalized spacial score (nSPS) is 12.1. The van der Waals surface area contributed by atoms with Crippen LogP contribution in [0, 0.1) is 0 Å². The lowest BCUT2D eigenvalue weighted by molar-refractivity contribution is -0.148. The predicted octanol–water partition coefficient (Wildman–Crippen LogP) is 4.11. The number of carbonyl (C=O) groups excluding carboxylic acids is 2. The van der Waals surface area contributed by atoms with Gasteiger partial charge in [0.1, 0.15) is 12.1 Å². The molecule has 1 unspecified atom stereocenters. The van der Waals surface area contributed by atoms with Gasteiger partial charge in [-0.15, -0.1) is 0 Å². The molecular weight excluding hydrogens is 358 g/mol. The smallest absolute Gasteiger partial charge is 0.325 e. The lowest BCUT2D eigenvalue weighted by atomic mass is 9.94. The van der Waals surface area contributed by atoms with Crippen molar-refractivity contribution >= 4 is 33.8 Å². The summed E-state index contributed by atoms with van der Waals surface area (Å²) in [6.45, 7) is 5.87. The highest BCUT2D eigenvalue weighted by Crippen LogP contribution is 2.39. The van der Waals surface area contributed by atoms with Crippen molar-refractivity contribution in [1.29, 1.82) is 0 Å². The first kappa shape index (κ1) is 19.7. The molecule has 6 nitrogen and oxygen atoms in total. The van der Waals surface area contributed by atoms with Gasteiger partial charge in [-0.1, -0.05) is 31.2 Å². The molecule has 0 radical (unpaired) electrons. The molecule has 0 fully saturated rings. The monoisotopic (exact) mass is 383 g/mol. The maximum absolute atomic E-state index is 12.1. The van der Waals surface area contributed by atoms with Crippen LogP contribution in [-0.2, 0) is 14.3 Å². The number of ether oxygens (including phenoxy) is 2. The van der Waals surface area contributed by atoms with Crippen molar-refractivity contribution in [3.8, 4) is 5.75 Å². The second-order valence-corrected chi connectivity index (χ2v) is 6.77. The average molecular weight is 383 g/mol. The van der Waals surface area contributed by atoms with E-state index >= 15 is 0 Å². The molecule has 148 valence electrons. The van der Waals surface area contributed by atoms with E-state index in [1.807, 2.05) is 43.3 Å². The molecular formula is C22H25NO5. The van der Waals surface area contributed by atoms with Crippen LogP contribution in [-0.4, -0.2) is 43.6 Å². The summed E-state index contributed by atoms with van der Waals surface area (Å²) in [7, 11) is 1.61. The molecule has 3 aromatic rings. The van der Waals surface area contributed by atoms with Crippen LogP contribution in [0.4, 0.5) is 0 Å². The van der Waals surface area contributed by atoms with Gasteiger partial charge in [-0.2, -0.15) is 0 Å². The predicted molar refractivity (Wildman–Crippen MR) is 108 cm³/mol. The molecule has 6 heteroatoms. The number of para-hydroxylation sites is 1. The fourth-order valence-electron chi connectivity index (χ4n) is 3.50. The molecule has 0 bridgehead atoms. The quantitative estimate of drug-likeness (QED) is 0.574. The Hall–Kier alpha value is -3.02. The summed E-state index contributed by atoms with van der Waals surface area (Å²) in [6, 6.07) is 11.7. The van der Waals surface area contributed by atoms with E-state index in [4.69, 9.17) is 13.9 Å². The Morgan fingerprint density at radius 3 is 2.61 bits per heavy atom. The van der Waals surface area contributed by atoms with E-state index in [9.17, 15) is 9.59 Å². The van der Waals surface area contributed by atoms with Gasteiger partial charge in [-0.05, 0) is 30.5 Å². The summed E-state index contributed by atoms with van der Waals surface area (Å²) >= 11 is 0. The maximum Gasteiger partial charge on any atom is 0.325 e. The van der Waals surface area contributed by atoms with E-state index in [0.29, 0.717) is 24.5 Å². The largest absolute Gasteiger partial charge is 0.493 e. The Balaban J connectivity index is 2.00. The number of fused-ring (bicyclic) bond motifs is 3. The Morgan fingerprint density at radius 2 is 1.93 bits per heavy atom. The number of amides is 1. The first-order valence-corrected chi connectivity index (χ1v) is 9.35. The van der Waals surface area contributed by atoms with Gasteiger partial charge in [-0.3, -0.25) is 9.59 Å². The minimum absolute atomic E-state index is 0.0206. The highest BCUT2D eigenvalue weighted by Gasteiger charge is 2.22. The second-order valence-electron chi connectivity index (χ2n) is 6.77. The number of furan rings is 1. The molecule has 0 saturated carbocycles. The van der Waals surface area contributed by atoms with E-state index in [-0.39, 0.29) is 18.4 Å². The van der Waals surface area contributed by atoms with E-state index in [1.54, 1.807) is 14.0 Å². The number of rotatable bonds is 7. The van der Waals surface area contributed by atoms with Gasteiger partial charge in [0.25, 0.3) is 0 Å². The molecule has 0 spiro atoms. The number of methoxy groups -OCH3 is 1. The number of nitrogens with zero attached hydrogens (tertiary/aromatic N) is 1. The zero-order chi connectivity index (χ0) is 20.3. The molecule has 1 aromatic heterocycles. The van der Waals surface area contributed by atoms with Crippen LogP contribution in [0.15, 0.2) is 40.8 Å². The van der Waals surface area contributed by atoms with Crippen LogP contribution in [0.5, 0.6) is 5.75 Å². The summed E-state index contributed by atoms with van der Waals surface area (Å²) in [5.74, 6) is 0.0742. The van der Waals surface area contributed by atoms with Crippen LogP contribution in [0.25, 0.3) is 21.9 Å². The zero-order valence-electron chi connectivity index (χ0n) is 16.7. The fourth-order valence-corrected chi connectivity index (χ4v) is 3.50. The molecule has 1 atom stereocenters. The van der Waals surface area contributed by atoms with E-state index < -0.39 is 5.97 Å². The number of carbonyl (C=O) groups is 2. The van der Waals surface area contributed by atoms with Gasteiger partial charge in [0.05, 0.1) is 13.7 Å². The molecule has 0 aliphatic rings. The lowest BCUT2D eigenvalue weighted by Gasteiger charge is -2.24. The second kappa shape index (κ2) is 8.33. The van der Waals surface area contributed by atoms with Crippen LogP contribution in [0.1, 0.15) is 32.3 Å². The number of esters is 1. The Bertz CT molecular complexity index is 1010. The first-order valence-electron chi connectivity index (χ1n) is 9.35. The Kier molecular flexibility index (Phi) is 5.87. The Morgan fingerprint density at radius 1 is 1.18 bits per heavy atom. The minimum Gasteiger partial charge on any atom is -0.493 e. The summed E-state index contributed by atoms with van der Waals surface area (Å²) < 4.78 is 16.5. The molecule has 0 aliphatic heterocycles. The van der Waals surface area contributed by atoms with Crippen molar-refractivity contribution in [3.63, 3.8) is 0 Å². The molecule has 28 heavy (non-hydrogen) atoms. The van der Waals surface area contributed by atoms with E-state index in [0.717, 1.165) is 21.9 Å². The van der Waals surface area contributed by atoms with Crippen molar-refractivity contribution < 1.29 is 23.5 Å². The number of benzene rings is 2. The van der Waals surface area contributed by atoms with Crippen molar-refractivity contribution in [1.82, 2.24) is 4.90 Å². The van der Waals surface area contributed by atoms with Gasteiger partial charge in [0, 0.05) is 24.2 Å². The SMILES string of the molecule is CCOC(=O)CN(CC(C)c1ccc(OC)c2oc3ccccc3c12)C(C)=O. The van der Waals surface area contributed by atoms with Crippen LogP contribution in [0.2, 0.25) is 0 Å². The third-order valence-corrected chi connectivity index (χ3v) is 4.84. The average Bonchev–Trinajstić information content (AvgIpc) is 3.06. The molecule has 0 N–H and O–H groups in total. The van der Waals surface area contributed by atoms with Gasteiger partial charge in [0.2, 0.25) is 5.91 Å². The molecule has 0 aliphatic carbocycles. The third kappa shape index (κ3) is 3.81. The third-order valence-electron chi connectivity index (χ3n) is 4.84. The molecule has 3 rings (SSSR count). The van der Waals surface area contributed by atoms with Gasteiger partial charge >= 0.3 is 5.97 Å². The van der Waals surface area contributed by atoms with Gasteiger partial charge in [-0.25, -0.2) is 0 Å². The Labute approximate surface area is 164 Å². The highest BCUT2D eigenvalue weighted by atomic mass is 16.5. The van der Waals surface area contributed by atoms with E-state index in [2.05, 4.69) is 0 Å². The summed E-state index contributed by atoms with van der Waals surface area (Å²) in [5, 5.41) is 1.97. The minimum atomic E-state index is -0.404. The van der Waals surface area contributed by atoms with Gasteiger partial charge < -0.3 is 18.8 Å². The maximum atomic E-state index is 12.1.